The molecule has 0 bridgehead atoms. The quantitative estimate of drug-likeness (QED) is 0.486. The zero-order valence-electron chi connectivity index (χ0n) is 11.7. The van der Waals surface area contributed by atoms with Crippen molar-refractivity contribution < 1.29 is 4.79 Å². The third-order valence-electron chi connectivity index (χ3n) is 3.00. The van der Waals surface area contributed by atoms with Gasteiger partial charge in [-0.3, -0.25) is 4.79 Å². The van der Waals surface area contributed by atoms with Gasteiger partial charge >= 0.3 is 0 Å². The molecule has 0 rings (SSSR count). The minimum absolute atomic E-state index is 0.232. The Morgan fingerprint density at radius 2 is 1.59 bits per heavy atom. The van der Waals surface area contributed by atoms with E-state index in [4.69, 9.17) is 0 Å². The number of nitrogens with zero attached hydrogens (tertiary/aromatic N) is 1. The van der Waals surface area contributed by atoms with Gasteiger partial charge < -0.3 is 4.90 Å². The Kier molecular flexibility index (Phi) is 11.1. The van der Waals surface area contributed by atoms with E-state index in [1.54, 1.807) is 11.1 Å². The van der Waals surface area contributed by atoms with E-state index < -0.39 is 0 Å². The fourth-order valence-electron chi connectivity index (χ4n) is 1.94. The molecule has 0 N–H and O–H groups in total. The lowest BCUT2D eigenvalue weighted by atomic mass is 10.1. The Morgan fingerprint density at radius 3 is 2.12 bits per heavy atom. The monoisotopic (exact) mass is 239 g/mol. The van der Waals surface area contributed by atoms with E-state index in [9.17, 15) is 4.79 Å². The number of hydrogen-bond donors (Lipinski definition) is 0. The summed E-state index contributed by atoms with van der Waals surface area (Å²) in [5, 5.41) is 0. The van der Waals surface area contributed by atoms with Crippen LogP contribution in [0, 0.1) is 0 Å². The number of carbonyl (C=O) groups is 1. The fourth-order valence-corrected chi connectivity index (χ4v) is 1.94. The molecule has 17 heavy (non-hydrogen) atoms. The van der Waals surface area contributed by atoms with Gasteiger partial charge in [0, 0.05) is 13.0 Å². The molecule has 0 aromatic carbocycles. The molecule has 0 spiro atoms. The van der Waals surface area contributed by atoms with E-state index in [1.165, 1.54) is 38.5 Å². The van der Waals surface area contributed by atoms with Crippen molar-refractivity contribution in [1.82, 2.24) is 4.90 Å². The Hall–Kier alpha value is -0.790. The van der Waals surface area contributed by atoms with E-state index in [0.29, 0.717) is 6.42 Å². The number of carbonyl (C=O) groups excluding carboxylic acids is 1. The van der Waals surface area contributed by atoms with Crippen molar-refractivity contribution in [2.45, 2.75) is 71.6 Å². The van der Waals surface area contributed by atoms with E-state index >= 15 is 0 Å². The first-order chi connectivity index (χ1) is 8.26. The SMILES string of the molecule is C=CN(CCC)C(=O)CCCCCCCCC. The average molecular weight is 239 g/mol. The van der Waals surface area contributed by atoms with Crippen LogP contribution in [0.1, 0.15) is 71.6 Å². The molecule has 0 aliphatic heterocycles. The van der Waals surface area contributed by atoms with Crippen LogP contribution in [-0.2, 0) is 4.79 Å². The van der Waals surface area contributed by atoms with Gasteiger partial charge in [0.25, 0.3) is 0 Å². The molecule has 0 atom stereocenters. The van der Waals surface area contributed by atoms with Crippen LogP contribution >= 0.6 is 0 Å². The molecule has 100 valence electrons. The first kappa shape index (κ1) is 16.2. The van der Waals surface area contributed by atoms with Gasteiger partial charge in [0.1, 0.15) is 0 Å². The van der Waals surface area contributed by atoms with Crippen LogP contribution in [0.2, 0.25) is 0 Å². The number of rotatable bonds is 11. The zero-order valence-corrected chi connectivity index (χ0v) is 11.7. The number of amides is 1. The topological polar surface area (TPSA) is 20.3 Å². The van der Waals surface area contributed by atoms with Gasteiger partial charge in [-0.15, -0.1) is 0 Å². The molecule has 0 saturated heterocycles. The van der Waals surface area contributed by atoms with Crippen molar-refractivity contribution in [3.8, 4) is 0 Å². The van der Waals surface area contributed by atoms with Crippen molar-refractivity contribution >= 4 is 5.91 Å². The van der Waals surface area contributed by atoms with Gasteiger partial charge in [-0.2, -0.15) is 0 Å². The normalized spacial score (nSPS) is 10.2. The molecule has 0 heterocycles. The summed E-state index contributed by atoms with van der Waals surface area (Å²) in [5.41, 5.74) is 0. The molecule has 0 radical (unpaired) electrons. The van der Waals surface area contributed by atoms with Crippen LogP contribution < -0.4 is 0 Å². The van der Waals surface area contributed by atoms with Crippen LogP contribution in [-0.4, -0.2) is 17.4 Å². The minimum Gasteiger partial charge on any atom is -0.320 e. The standard InChI is InChI=1S/C15H29NO/c1-4-7-8-9-10-11-12-13-15(17)16(6-3)14-5-2/h6H,3-5,7-14H2,1-2H3. The van der Waals surface area contributed by atoms with Crippen molar-refractivity contribution in [3.05, 3.63) is 12.8 Å². The Morgan fingerprint density at radius 1 is 1.00 bits per heavy atom. The number of hydrogen-bond acceptors (Lipinski definition) is 1. The van der Waals surface area contributed by atoms with E-state index in [1.807, 2.05) is 0 Å². The second-order valence-corrected chi connectivity index (χ2v) is 4.64. The van der Waals surface area contributed by atoms with Gasteiger partial charge in [0.15, 0.2) is 0 Å². The first-order valence-electron chi connectivity index (χ1n) is 7.18. The van der Waals surface area contributed by atoms with Gasteiger partial charge in [-0.1, -0.05) is 59.0 Å². The highest BCUT2D eigenvalue weighted by Gasteiger charge is 2.07. The summed E-state index contributed by atoms with van der Waals surface area (Å²) in [4.78, 5) is 13.5. The fraction of sp³-hybridized carbons (Fsp3) is 0.800. The molecular weight excluding hydrogens is 210 g/mol. The van der Waals surface area contributed by atoms with Gasteiger partial charge in [0.05, 0.1) is 0 Å². The van der Waals surface area contributed by atoms with Crippen LogP contribution in [0.15, 0.2) is 12.8 Å². The van der Waals surface area contributed by atoms with Crippen molar-refractivity contribution in [1.29, 1.82) is 0 Å². The Balaban J connectivity index is 3.46. The van der Waals surface area contributed by atoms with Gasteiger partial charge in [-0.05, 0) is 19.0 Å². The second kappa shape index (κ2) is 11.7. The summed E-state index contributed by atoms with van der Waals surface area (Å²) < 4.78 is 0. The van der Waals surface area contributed by atoms with E-state index in [-0.39, 0.29) is 5.91 Å². The Labute approximate surface area is 107 Å². The molecule has 0 fully saturated rings. The van der Waals surface area contributed by atoms with Crippen LogP contribution in [0.3, 0.4) is 0 Å². The highest BCUT2D eigenvalue weighted by atomic mass is 16.2. The van der Waals surface area contributed by atoms with Crippen molar-refractivity contribution in [2.75, 3.05) is 6.54 Å². The predicted molar refractivity (Wildman–Crippen MR) is 74.8 cm³/mol. The lowest BCUT2D eigenvalue weighted by Gasteiger charge is -2.16. The average Bonchev–Trinajstić information content (AvgIpc) is 2.34. The van der Waals surface area contributed by atoms with E-state index in [0.717, 1.165) is 19.4 Å². The molecule has 0 aliphatic rings. The first-order valence-corrected chi connectivity index (χ1v) is 7.18. The summed E-state index contributed by atoms with van der Waals surface area (Å²) in [6.45, 7) is 8.80. The largest absolute Gasteiger partial charge is 0.320 e. The maximum absolute atomic E-state index is 11.8. The smallest absolute Gasteiger partial charge is 0.226 e. The lowest BCUT2D eigenvalue weighted by Crippen LogP contribution is -2.25. The zero-order chi connectivity index (χ0) is 12.9. The lowest BCUT2D eigenvalue weighted by molar-refractivity contribution is -0.128. The molecule has 1 amide bonds. The molecule has 2 heteroatoms. The molecule has 0 aliphatic carbocycles. The van der Waals surface area contributed by atoms with Crippen LogP contribution in [0.25, 0.3) is 0 Å². The molecule has 0 aromatic rings. The Bertz CT molecular complexity index is 201. The van der Waals surface area contributed by atoms with E-state index in [2.05, 4.69) is 20.4 Å². The summed E-state index contributed by atoms with van der Waals surface area (Å²) in [6.07, 6.45) is 12.1. The minimum atomic E-state index is 0.232. The summed E-state index contributed by atoms with van der Waals surface area (Å²) >= 11 is 0. The predicted octanol–water partition coefficient (Wildman–Crippen LogP) is 4.51. The highest BCUT2D eigenvalue weighted by molar-refractivity contribution is 5.77. The third-order valence-corrected chi connectivity index (χ3v) is 3.00. The maximum Gasteiger partial charge on any atom is 0.226 e. The summed E-state index contributed by atoms with van der Waals surface area (Å²) in [5.74, 6) is 0.232. The third kappa shape index (κ3) is 8.96. The van der Waals surface area contributed by atoms with Crippen LogP contribution in [0.5, 0.6) is 0 Å². The summed E-state index contributed by atoms with van der Waals surface area (Å²) in [6, 6.07) is 0. The second-order valence-electron chi connectivity index (χ2n) is 4.64. The van der Waals surface area contributed by atoms with Gasteiger partial charge in [0.2, 0.25) is 5.91 Å². The van der Waals surface area contributed by atoms with Crippen molar-refractivity contribution in [3.63, 3.8) is 0 Å². The molecule has 0 saturated carbocycles. The highest BCUT2D eigenvalue weighted by Crippen LogP contribution is 2.09. The number of unbranched alkanes of at least 4 members (excludes halogenated alkanes) is 6. The maximum atomic E-state index is 11.8. The summed E-state index contributed by atoms with van der Waals surface area (Å²) in [7, 11) is 0. The van der Waals surface area contributed by atoms with Gasteiger partial charge in [-0.25, -0.2) is 0 Å². The molecular formula is C15H29NO. The van der Waals surface area contributed by atoms with Crippen LogP contribution in [0.4, 0.5) is 0 Å². The molecule has 0 unspecified atom stereocenters. The molecule has 2 nitrogen and oxygen atoms in total. The van der Waals surface area contributed by atoms with Crippen molar-refractivity contribution in [2.24, 2.45) is 0 Å². The molecule has 0 aromatic heterocycles.